The first-order valence-electron chi connectivity index (χ1n) is 13.1. The zero-order valence-corrected chi connectivity index (χ0v) is 24.9. The third kappa shape index (κ3) is 7.91. The van der Waals surface area contributed by atoms with Gasteiger partial charge in [0, 0.05) is 33.7 Å². The first kappa shape index (κ1) is 31.7. The number of nitrogens with zero attached hydrogens (tertiary/aromatic N) is 3. The fourth-order valence-electron chi connectivity index (χ4n) is 4.60. The van der Waals surface area contributed by atoms with Crippen LogP contribution in [0.25, 0.3) is 0 Å². The van der Waals surface area contributed by atoms with E-state index < -0.39 is 54.4 Å². The number of benzene rings is 1. The Morgan fingerprint density at radius 3 is 2.22 bits per heavy atom. The molecule has 41 heavy (non-hydrogen) atoms. The van der Waals surface area contributed by atoms with Crippen molar-refractivity contribution in [2.24, 2.45) is 0 Å². The molecule has 224 valence electrons. The molecular formula is C27H36N4O9S. The second-order valence-corrected chi connectivity index (χ2v) is 10.3. The van der Waals surface area contributed by atoms with Gasteiger partial charge >= 0.3 is 17.9 Å². The molecule has 1 amide bonds. The van der Waals surface area contributed by atoms with Gasteiger partial charge in [-0.15, -0.1) is 0 Å². The highest BCUT2D eigenvalue weighted by molar-refractivity contribution is 7.71. The highest BCUT2D eigenvalue weighted by Gasteiger charge is 2.52. The Labute approximate surface area is 243 Å². The van der Waals surface area contributed by atoms with E-state index in [9.17, 15) is 19.2 Å². The zero-order valence-electron chi connectivity index (χ0n) is 24.1. The van der Waals surface area contributed by atoms with E-state index in [0.717, 1.165) is 5.56 Å². The van der Waals surface area contributed by atoms with Crippen LogP contribution in [0.1, 0.15) is 65.2 Å². The number of hydrogen-bond acceptors (Lipinski definition) is 11. The Morgan fingerprint density at radius 2 is 1.66 bits per heavy atom. The lowest BCUT2D eigenvalue weighted by atomic mass is 9.95. The van der Waals surface area contributed by atoms with Gasteiger partial charge in [-0.1, -0.05) is 18.2 Å². The van der Waals surface area contributed by atoms with E-state index in [1.165, 1.54) is 32.4 Å². The van der Waals surface area contributed by atoms with Crippen molar-refractivity contribution in [3.8, 4) is 5.75 Å². The maximum Gasteiger partial charge on any atom is 0.303 e. The van der Waals surface area contributed by atoms with Crippen molar-refractivity contribution in [3.63, 3.8) is 0 Å². The maximum atomic E-state index is 12.3. The van der Waals surface area contributed by atoms with Crippen molar-refractivity contribution in [2.75, 3.05) is 6.61 Å². The summed E-state index contributed by atoms with van der Waals surface area (Å²) >= 11 is 5.80. The Kier molecular flexibility index (Phi) is 10.6. The fourth-order valence-corrected chi connectivity index (χ4v) is 5.06. The number of aromatic nitrogens is 3. The molecule has 0 unspecified atom stereocenters. The lowest BCUT2D eigenvalue weighted by molar-refractivity contribution is -0.239. The van der Waals surface area contributed by atoms with Gasteiger partial charge in [-0.25, -0.2) is 4.68 Å². The minimum atomic E-state index is -1.24. The molecule has 1 fully saturated rings. The quantitative estimate of drug-likeness (QED) is 0.247. The number of carbonyl (C=O) groups excluding carboxylic acids is 4. The van der Waals surface area contributed by atoms with Crippen LogP contribution in [0.2, 0.25) is 0 Å². The molecule has 13 nitrogen and oxygen atoms in total. The third-order valence-corrected chi connectivity index (χ3v) is 6.59. The van der Waals surface area contributed by atoms with Gasteiger partial charge in [-0.05, 0) is 44.6 Å². The van der Waals surface area contributed by atoms with Crippen molar-refractivity contribution < 1.29 is 42.9 Å². The minimum Gasteiger partial charge on any atom is -0.485 e. The number of carbonyl (C=O) groups is 4. The number of ether oxygens (including phenoxy) is 5. The predicted molar refractivity (Wildman–Crippen MR) is 146 cm³/mol. The summed E-state index contributed by atoms with van der Waals surface area (Å²) in [7, 11) is 0. The number of esters is 3. The van der Waals surface area contributed by atoms with E-state index >= 15 is 0 Å². The van der Waals surface area contributed by atoms with Crippen molar-refractivity contribution >= 4 is 36.0 Å². The van der Waals surface area contributed by atoms with Gasteiger partial charge in [-0.2, -0.15) is 5.10 Å². The minimum absolute atomic E-state index is 0.0670. The van der Waals surface area contributed by atoms with Gasteiger partial charge in [-0.3, -0.25) is 23.7 Å². The molecule has 1 saturated heterocycles. The summed E-state index contributed by atoms with van der Waals surface area (Å²) in [6.07, 6.45) is -4.72. The molecule has 1 aromatic carbocycles. The van der Waals surface area contributed by atoms with E-state index in [4.69, 9.17) is 41.0 Å². The van der Waals surface area contributed by atoms with E-state index in [1.54, 1.807) is 4.57 Å². The van der Waals surface area contributed by atoms with Crippen LogP contribution >= 0.6 is 12.2 Å². The van der Waals surface area contributed by atoms with Crippen molar-refractivity contribution in [1.82, 2.24) is 19.7 Å². The molecule has 0 aliphatic carbocycles. The highest BCUT2D eigenvalue weighted by Crippen LogP contribution is 2.33. The highest BCUT2D eigenvalue weighted by atomic mass is 32.1. The van der Waals surface area contributed by atoms with Crippen molar-refractivity contribution in [2.45, 2.75) is 91.7 Å². The van der Waals surface area contributed by atoms with Crippen molar-refractivity contribution in [3.05, 3.63) is 40.4 Å². The van der Waals surface area contributed by atoms with Gasteiger partial charge in [0.15, 0.2) is 24.3 Å². The van der Waals surface area contributed by atoms with E-state index in [0.29, 0.717) is 11.6 Å². The number of rotatable bonds is 10. The Morgan fingerprint density at radius 1 is 1.02 bits per heavy atom. The lowest BCUT2D eigenvalue weighted by Crippen LogP contribution is -2.64. The topological polar surface area (TPSA) is 149 Å². The zero-order chi connectivity index (χ0) is 30.4. The second-order valence-electron chi connectivity index (χ2n) is 9.90. The van der Waals surface area contributed by atoms with Crippen LogP contribution in [0.3, 0.4) is 0 Å². The predicted octanol–water partition coefficient (Wildman–Crippen LogP) is 2.71. The molecule has 0 radical (unpaired) electrons. The monoisotopic (exact) mass is 592 g/mol. The van der Waals surface area contributed by atoms with Gasteiger partial charge in [0.05, 0.1) is 0 Å². The molecule has 0 spiro atoms. The van der Waals surface area contributed by atoms with Crippen LogP contribution in [-0.2, 0) is 44.7 Å². The summed E-state index contributed by atoms with van der Waals surface area (Å²) < 4.78 is 32.0. The first-order chi connectivity index (χ1) is 19.3. The standard InChI is InChI=1S/C27H36N4O9S/c1-14(2)30-22(13-37-20-11-9-8-10-15(20)3)29-31(27(30)41)26-23(28-16(4)32)25(39-19(7)35)24(38-18(6)34)21(40-26)12-36-17(5)33/h8-11,14,21,23-26H,12-13H2,1-7H3,(H,28,32)/t21-,23-,24-,25-,26-/m1/s1. The largest absolute Gasteiger partial charge is 0.485 e. The van der Waals surface area contributed by atoms with Crippen molar-refractivity contribution in [1.29, 1.82) is 0 Å². The fraction of sp³-hybridized carbons (Fsp3) is 0.556. The normalized spacial score (nSPS) is 22.1. The Balaban J connectivity index is 2.12. The average molecular weight is 593 g/mol. The van der Waals surface area contributed by atoms with Crippen LogP contribution in [0.15, 0.2) is 24.3 Å². The summed E-state index contributed by atoms with van der Waals surface area (Å²) in [6, 6.07) is 6.31. The van der Waals surface area contributed by atoms with Gasteiger partial charge in [0.25, 0.3) is 0 Å². The first-order valence-corrected chi connectivity index (χ1v) is 13.5. The van der Waals surface area contributed by atoms with Gasteiger partial charge < -0.3 is 29.0 Å². The molecule has 14 heteroatoms. The number of nitrogens with one attached hydrogen (secondary N) is 1. The summed E-state index contributed by atoms with van der Waals surface area (Å²) in [4.78, 5) is 48.2. The van der Waals surface area contributed by atoms with E-state index in [1.807, 2.05) is 45.0 Å². The number of hydrogen-bond donors (Lipinski definition) is 1. The van der Waals surface area contributed by atoms with Crippen LogP contribution in [0.5, 0.6) is 5.75 Å². The molecule has 2 heterocycles. The maximum absolute atomic E-state index is 12.3. The van der Waals surface area contributed by atoms with Crippen LogP contribution in [0.4, 0.5) is 0 Å². The molecule has 2 aromatic rings. The third-order valence-electron chi connectivity index (χ3n) is 6.20. The molecule has 0 bridgehead atoms. The van der Waals surface area contributed by atoms with Gasteiger partial charge in [0.1, 0.15) is 31.1 Å². The lowest BCUT2D eigenvalue weighted by Gasteiger charge is -2.45. The summed E-state index contributed by atoms with van der Waals surface area (Å²) in [5.74, 6) is -1.32. The molecule has 1 aliphatic rings. The average Bonchev–Trinajstić information content (AvgIpc) is 3.20. The van der Waals surface area contributed by atoms with Crippen LogP contribution in [0, 0.1) is 11.7 Å². The van der Waals surface area contributed by atoms with E-state index in [2.05, 4.69) is 5.32 Å². The summed E-state index contributed by atoms with van der Waals surface area (Å²) in [5, 5.41) is 7.44. The molecule has 1 N–H and O–H groups in total. The molecule has 5 atom stereocenters. The van der Waals surface area contributed by atoms with E-state index in [-0.39, 0.29) is 24.0 Å². The number of aryl methyl sites for hydroxylation is 1. The number of para-hydroxylation sites is 1. The SMILES string of the molecule is CC(=O)N[C@@H]1[C@@H](OC(C)=O)[C@H](OC(C)=O)[C@@H](COC(C)=O)O[C@H]1n1nc(COc2ccccc2C)n(C(C)C)c1=S. The molecule has 0 saturated carbocycles. The van der Waals surface area contributed by atoms with Crippen LogP contribution in [-0.4, -0.2) is 69.1 Å². The molecule has 3 rings (SSSR count). The van der Waals surface area contributed by atoms with Gasteiger partial charge in [0.2, 0.25) is 10.7 Å². The molecule has 1 aliphatic heterocycles. The second kappa shape index (κ2) is 13.7. The Hall–Kier alpha value is -3.78. The molecular weight excluding hydrogens is 556 g/mol. The summed E-state index contributed by atoms with van der Waals surface area (Å²) in [6.45, 7) is 10.4. The smallest absolute Gasteiger partial charge is 0.303 e. The van der Waals surface area contributed by atoms with Crippen LogP contribution < -0.4 is 10.1 Å². The Bertz CT molecular complexity index is 1340. The molecule has 1 aromatic heterocycles. The summed E-state index contributed by atoms with van der Waals surface area (Å²) in [5.41, 5.74) is 0.942. The number of amides is 1.